The monoisotopic (exact) mass is 150 g/mol. The van der Waals surface area contributed by atoms with Crippen molar-refractivity contribution in [3.8, 4) is 0 Å². The standard InChI is InChI=1S/C5H14N2OS/c1-5(2,3)9(4,8)7-6/h6H2,1-4H3. The van der Waals surface area contributed by atoms with Crippen LogP contribution in [-0.2, 0) is 9.73 Å². The number of hydrogen-bond acceptors (Lipinski definition) is 2. The average molecular weight is 150 g/mol. The van der Waals surface area contributed by atoms with Crippen molar-refractivity contribution in [3.05, 3.63) is 0 Å². The molecule has 1 atom stereocenters. The van der Waals surface area contributed by atoms with Gasteiger partial charge in [0, 0.05) is 11.0 Å². The first-order valence-corrected chi connectivity index (χ1v) is 4.64. The zero-order valence-electron chi connectivity index (χ0n) is 6.34. The fraction of sp³-hybridized carbons (Fsp3) is 1.00. The van der Waals surface area contributed by atoms with Gasteiger partial charge in [-0.05, 0) is 20.8 Å². The summed E-state index contributed by atoms with van der Waals surface area (Å²) in [6.45, 7) is 5.56. The van der Waals surface area contributed by atoms with E-state index >= 15 is 0 Å². The van der Waals surface area contributed by atoms with E-state index in [0.29, 0.717) is 0 Å². The lowest BCUT2D eigenvalue weighted by molar-refractivity contribution is 0.643. The van der Waals surface area contributed by atoms with Gasteiger partial charge in [-0.15, -0.1) is 0 Å². The minimum Gasteiger partial charge on any atom is -0.248 e. The maximum absolute atomic E-state index is 11.3. The Kier molecular flexibility index (Phi) is 2.24. The first-order valence-electron chi connectivity index (χ1n) is 2.72. The van der Waals surface area contributed by atoms with Crippen molar-refractivity contribution in [1.82, 2.24) is 0 Å². The van der Waals surface area contributed by atoms with Crippen LogP contribution in [0.5, 0.6) is 0 Å². The van der Waals surface area contributed by atoms with Gasteiger partial charge in [0.05, 0.1) is 9.73 Å². The molecule has 0 rings (SSSR count). The second-order valence-electron chi connectivity index (χ2n) is 3.02. The van der Waals surface area contributed by atoms with Crippen LogP contribution in [0.15, 0.2) is 4.47 Å². The number of hydrogen-bond donors (Lipinski definition) is 1. The van der Waals surface area contributed by atoms with Crippen molar-refractivity contribution in [3.63, 3.8) is 0 Å². The predicted molar refractivity (Wildman–Crippen MR) is 40.4 cm³/mol. The summed E-state index contributed by atoms with van der Waals surface area (Å²) >= 11 is 0. The fourth-order valence-corrected chi connectivity index (χ4v) is 0.474. The van der Waals surface area contributed by atoms with Crippen LogP contribution in [0.25, 0.3) is 0 Å². The third-order valence-electron chi connectivity index (χ3n) is 1.34. The molecule has 0 saturated carbocycles. The smallest absolute Gasteiger partial charge is 0.0654 e. The average Bonchev–Trinajstić information content (AvgIpc) is 1.64. The van der Waals surface area contributed by atoms with Gasteiger partial charge < -0.3 is 0 Å². The van der Waals surface area contributed by atoms with Gasteiger partial charge in [0.2, 0.25) is 0 Å². The van der Waals surface area contributed by atoms with Crippen LogP contribution < -0.4 is 5.84 Å². The molecule has 9 heavy (non-hydrogen) atoms. The first kappa shape index (κ1) is 8.91. The Bertz CT molecular complexity index is 195. The van der Waals surface area contributed by atoms with Gasteiger partial charge in [0.25, 0.3) is 0 Å². The van der Waals surface area contributed by atoms with Crippen molar-refractivity contribution in [2.75, 3.05) is 6.26 Å². The Morgan fingerprint density at radius 3 is 1.78 bits per heavy atom. The SMILES string of the molecule is CC(C)(C)S(C)(=O)=NN. The van der Waals surface area contributed by atoms with E-state index in [9.17, 15) is 4.21 Å². The normalized spacial score (nSPS) is 18.8. The van der Waals surface area contributed by atoms with E-state index in [4.69, 9.17) is 5.84 Å². The molecule has 0 radical (unpaired) electrons. The van der Waals surface area contributed by atoms with E-state index in [1.807, 2.05) is 20.8 Å². The molecule has 4 heteroatoms. The molecule has 0 aromatic heterocycles. The van der Waals surface area contributed by atoms with Crippen LogP contribution in [0.3, 0.4) is 0 Å². The van der Waals surface area contributed by atoms with E-state index in [1.54, 1.807) is 6.26 Å². The number of nitrogens with zero attached hydrogens (tertiary/aromatic N) is 1. The lowest BCUT2D eigenvalue weighted by Gasteiger charge is -2.18. The molecular formula is C5H14N2OS. The maximum atomic E-state index is 11.3. The Labute approximate surface area is 56.8 Å². The lowest BCUT2D eigenvalue weighted by Crippen LogP contribution is -2.27. The molecule has 3 nitrogen and oxygen atoms in total. The summed E-state index contributed by atoms with van der Waals surface area (Å²) in [6.07, 6.45) is 1.56. The maximum Gasteiger partial charge on any atom is 0.0654 e. The predicted octanol–water partition coefficient (Wildman–Crippen LogP) is 0.756. The zero-order valence-corrected chi connectivity index (χ0v) is 7.16. The molecule has 0 saturated heterocycles. The van der Waals surface area contributed by atoms with Gasteiger partial charge in [-0.3, -0.25) is 0 Å². The van der Waals surface area contributed by atoms with E-state index < -0.39 is 9.73 Å². The van der Waals surface area contributed by atoms with Crippen LogP contribution >= 0.6 is 0 Å². The topological polar surface area (TPSA) is 55.5 Å². The van der Waals surface area contributed by atoms with Crippen molar-refractivity contribution in [1.29, 1.82) is 0 Å². The molecule has 0 aromatic rings. The molecule has 2 N–H and O–H groups in total. The molecule has 56 valence electrons. The molecule has 0 amide bonds. The van der Waals surface area contributed by atoms with Crippen LogP contribution in [0, 0.1) is 0 Å². The highest BCUT2D eigenvalue weighted by Crippen LogP contribution is 2.14. The Hall–Kier alpha value is -0.0900. The highest BCUT2D eigenvalue weighted by Gasteiger charge is 2.21. The summed E-state index contributed by atoms with van der Waals surface area (Å²) in [6, 6.07) is 0. The molecule has 0 aliphatic heterocycles. The summed E-state index contributed by atoms with van der Waals surface area (Å²) in [5.41, 5.74) is 0. The molecule has 0 bridgehead atoms. The Balaban J connectivity index is 4.80. The summed E-state index contributed by atoms with van der Waals surface area (Å²) in [7, 11) is -2.18. The summed E-state index contributed by atoms with van der Waals surface area (Å²) in [4.78, 5) is 0. The quantitative estimate of drug-likeness (QED) is 0.409. The van der Waals surface area contributed by atoms with Crippen LogP contribution in [0.4, 0.5) is 0 Å². The third-order valence-corrected chi connectivity index (χ3v) is 4.01. The van der Waals surface area contributed by atoms with Crippen molar-refractivity contribution in [2.24, 2.45) is 10.3 Å². The van der Waals surface area contributed by atoms with E-state index in [2.05, 4.69) is 4.47 Å². The van der Waals surface area contributed by atoms with Gasteiger partial charge in [0.1, 0.15) is 0 Å². The largest absolute Gasteiger partial charge is 0.248 e. The minimum atomic E-state index is -2.18. The second kappa shape index (κ2) is 2.27. The molecule has 0 aromatic carbocycles. The highest BCUT2D eigenvalue weighted by atomic mass is 32.2. The highest BCUT2D eigenvalue weighted by molar-refractivity contribution is 7.94. The van der Waals surface area contributed by atoms with Gasteiger partial charge in [-0.1, -0.05) is 0 Å². The van der Waals surface area contributed by atoms with Crippen molar-refractivity contribution in [2.45, 2.75) is 25.5 Å². The first-order chi connectivity index (χ1) is 3.81. The van der Waals surface area contributed by atoms with E-state index in [0.717, 1.165) is 0 Å². The van der Waals surface area contributed by atoms with Gasteiger partial charge in [0.15, 0.2) is 0 Å². The summed E-state index contributed by atoms with van der Waals surface area (Å²) < 4.78 is 14.3. The van der Waals surface area contributed by atoms with Crippen LogP contribution in [0.1, 0.15) is 20.8 Å². The number of rotatable bonds is 0. The lowest BCUT2D eigenvalue weighted by atomic mass is 10.3. The summed E-state index contributed by atoms with van der Waals surface area (Å²) in [5.74, 6) is 4.94. The van der Waals surface area contributed by atoms with E-state index in [-0.39, 0.29) is 4.75 Å². The molecule has 1 unspecified atom stereocenters. The van der Waals surface area contributed by atoms with E-state index in [1.165, 1.54) is 0 Å². The van der Waals surface area contributed by atoms with Gasteiger partial charge in [-0.25, -0.2) is 10.1 Å². The molecule has 0 fully saturated rings. The minimum absolute atomic E-state index is 0.318. The summed E-state index contributed by atoms with van der Waals surface area (Å²) in [5, 5.41) is 0. The number of nitrogens with two attached hydrogens (primary N) is 1. The van der Waals surface area contributed by atoms with Crippen LogP contribution in [0.2, 0.25) is 0 Å². The van der Waals surface area contributed by atoms with Gasteiger partial charge in [-0.2, -0.15) is 4.47 Å². The Morgan fingerprint density at radius 2 is 1.78 bits per heavy atom. The third kappa shape index (κ3) is 1.95. The van der Waals surface area contributed by atoms with Gasteiger partial charge >= 0.3 is 0 Å². The fourth-order valence-electron chi connectivity index (χ4n) is 0.158. The molecule has 0 heterocycles. The molecule has 0 aliphatic carbocycles. The zero-order chi connectivity index (χ0) is 7.71. The molecule has 0 aliphatic rings. The molecular weight excluding hydrogens is 136 g/mol. The second-order valence-corrected chi connectivity index (χ2v) is 6.06. The molecule has 0 spiro atoms. The Morgan fingerprint density at radius 1 is 1.44 bits per heavy atom. The van der Waals surface area contributed by atoms with Crippen LogP contribution in [-0.4, -0.2) is 15.2 Å². The van der Waals surface area contributed by atoms with Crippen molar-refractivity contribution >= 4 is 9.73 Å². The van der Waals surface area contributed by atoms with Crippen molar-refractivity contribution < 1.29 is 4.21 Å².